The zero-order chi connectivity index (χ0) is 23.5. The number of amides is 4. The molecule has 1 N–H and O–H groups in total. The third-order valence-corrected chi connectivity index (χ3v) is 5.36. The number of rotatable bonds is 5. The van der Waals surface area contributed by atoms with Crippen LogP contribution in [0.2, 0.25) is 10.0 Å². The molecule has 0 atom stereocenters. The minimum absolute atomic E-state index is 0.0144. The predicted octanol–water partition coefficient (Wildman–Crippen LogP) is 5.38. The zero-order valence-corrected chi connectivity index (χ0v) is 18.4. The Morgan fingerprint density at radius 3 is 2.42 bits per heavy atom. The van der Waals surface area contributed by atoms with Gasteiger partial charge in [0.15, 0.2) is 0 Å². The van der Waals surface area contributed by atoms with E-state index in [1.54, 1.807) is 42.5 Å². The van der Waals surface area contributed by atoms with Crippen LogP contribution in [0.3, 0.4) is 0 Å². The van der Waals surface area contributed by atoms with Crippen LogP contribution in [-0.2, 0) is 16.2 Å². The first kappa shape index (κ1) is 22.5. The molecule has 6 nitrogen and oxygen atoms in total. The van der Waals surface area contributed by atoms with E-state index in [2.05, 4.69) is 5.32 Å². The molecule has 9 heteroatoms. The SMILES string of the molecule is O=C1NC(=O)N(c2cccc(F)c2)C(=O)/C1=C/c1ccc(OCc2ccc(Cl)cc2Cl)cc1. The lowest BCUT2D eigenvalue weighted by Crippen LogP contribution is -2.54. The van der Waals surface area contributed by atoms with Gasteiger partial charge < -0.3 is 4.74 Å². The first-order chi connectivity index (χ1) is 15.8. The maximum atomic E-state index is 13.6. The Balaban J connectivity index is 1.52. The summed E-state index contributed by atoms with van der Waals surface area (Å²) in [7, 11) is 0. The van der Waals surface area contributed by atoms with Gasteiger partial charge in [0, 0.05) is 15.6 Å². The molecule has 0 saturated carbocycles. The number of hydrogen-bond donors (Lipinski definition) is 1. The van der Waals surface area contributed by atoms with Crippen molar-refractivity contribution >= 4 is 52.8 Å². The quantitative estimate of drug-likeness (QED) is 0.389. The molecule has 33 heavy (non-hydrogen) atoms. The van der Waals surface area contributed by atoms with E-state index >= 15 is 0 Å². The second-order valence-corrected chi connectivity index (χ2v) is 7.87. The number of anilines is 1. The van der Waals surface area contributed by atoms with Gasteiger partial charge in [0.2, 0.25) is 0 Å². The van der Waals surface area contributed by atoms with E-state index in [4.69, 9.17) is 27.9 Å². The molecule has 3 aromatic carbocycles. The highest BCUT2D eigenvalue weighted by atomic mass is 35.5. The highest BCUT2D eigenvalue weighted by Crippen LogP contribution is 2.25. The summed E-state index contributed by atoms with van der Waals surface area (Å²) in [6.45, 7) is 0.224. The molecule has 4 amide bonds. The molecule has 0 aromatic heterocycles. The van der Waals surface area contributed by atoms with Crippen LogP contribution in [0.15, 0.2) is 72.3 Å². The molecule has 166 valence electrons. The van der Waals surface area contributed by atoms with Crippen molar-refractivity contribution in [2.24, 2.45) is 0 Å². The monoisotopic (exact) mass is 484 g/mol. The van der Waals surface area contributed by atoms with Crippen LogP contribution in [0.25, 0.3) is 6.08 Å². The Hall–Kier alpha value is -3.68. The molecule has 1 fully saturated rings. The molecule has 0 bridgehead atoms. The largest absolute Gasteiger partial charge is 0.489 e. The maximum Gasteiger partial charge on any atom is 0.335 e. The summed E-state index contributed by atoms with van der Waals surface area (Å²) in [5, 5.41) is 3.11. The van der Waals surface area contributed by atoms with Crippen molar-refractivity contribution in [3.05, 3.63) is 99.3 Å². The van der Waals surface area contributed by atoms with Crippen molar-refractivity contribution in [2.75, 3.05) is 4.90 Å². The Labute approximate surface area is 198 Å². The van der Waals surface area contributed by atoms with Gasteiger partial charge in [-0.2, -0.15) is 0 Å². The van der Waals surface area contributed by atoms with Gasteiger partial charge in [-0.25, -0.2) is 14.1 Å². The third kappa shape index (κ3) is 5.05. The number of carbonyl (C=O) groups is 3. The zero-order valence-electron chi connectivity index (χ0n) is 16.8. The molecule has 4 rings (SSSR count). The molecular formula is C24H15Cl2FN2O4. The van der Waals surface area contributed by atoms with Gasteiger partial charge in [0.25, 0.3) is 11.8 Å². The third-order valence-electron chi connectivity index (χ3n) is 4.77. The summed E-state index contributed by atoms with van der Waals surface area (Å²) in [6.07, 6.45) is 1.34. The smallest absolute Gasteiger partial charge is 0.335 e. The Kier molecular flexibility index (Phi) is 6.44. The van der Waals surface area contributed by atoms with E-state index in [9.17, 15) is 18.8 Å². The molecule has 0 unspecified atom stereocenters. The average Bonchev–Trinajstić information content (AvgIpc) is 2.77. The average molecular weight is 485 g/mol. The fourth-order valence-corrected chi connectivity index (χ4v) is 3.60. The summed E-state index contributed by atoms with van der Waals surface area (Å²) >= 11 is 12.0. The fourth-order valence-electron chi connectivity index (χ4n) is 3.13. The minimum atomic E-state index is -0.947. The van der Waals surface area contributed by atoms with Crippen molar-refractivity contribution in [1.82, 2.24) is 5.32 Å². The van der Waals surface area contributed by atoms with Crippen LogP contribution in [0.5, 0.6) is 5.75 Å². The Bertz CT molecular complexity index is 1290. The van der Waals surface area contributed by atoms with E-state index in [-0.39, 0.29) is 17.9 Å². The van der Waals surface area contributed by atoms with E-state index in [0.29, 0.717) is 26.3 Å². The van der Waals surface area contributed by atoms with Gasteiger partial charge >= 0.3 is 6.03 Å². The van der Waals surface area contributed by atoms with Crippen LogP contribution < -0.4 is 15.0 Å². The van der Waals surface area contributed by atoms with Crippen molar-refractivity contribution in [2.45, 2.75) is 6.61 Å². The lowest BCUT2D eigenvalue weighted by Gasteiger charge is -2.26. The topological polar surface area (TPSA) is 75.7 Å². The summed E-state index contributed by atoms with van der Waals surface area (Å²) in [6, 6.07) is 15.8. The number of barbiturate groups is 1. The molecule has 0 radical (unpaired) electrons. The normalized spacial score (nSPS) is 15.1. The van der Waals surface area contributed by atoms with Crippen molar-refractivity contribution < 1.29 is 23.5 Å². The van der Waals surface area contributed by atoms with E-state index in [1.807, 2.05) is 0 Å². The fraction of sp³-hybridized carbons (Fsp3) is 0.0417. The number of benzene rings is 3. The van der Waals surface area contributed by atoms with Crippen LogP contribution >= 0.6 is 23.2 Å². The van der Waals surface area contributed by atoms with Crippen LogP contribution in [0.4, 0.5) is 14.9 Å². The Morgan fingerprint density at radius 2 is 1.73 bits per heavy atom. The number of halogens is 3. The number of imide groups is 2. The molecule has 1 heterocycles. The molecule has 1 aliphatic heterocycles. The first-order valence-corrected chi connectivity index (χ1v) is 10.4. The van der Waals surface area contributed by atoms with Gasteiger partial charge in [-0.05, 0) is 54.1 Å². The number of nitrogens with zero attached hydrogens (tertiary/aromatic N) is 1. The highest BCUT2D eigenvalue weighted by molar-refractivity contribution is 6.39. The molecular weight excluding hydrogens is 470 g/mol. The molecule has 0 aliphatic carbocycles. The van der Waals surface area contributed by atoms with E-state index in [1.165, 1.54) is 24.3 Å². The van der Waals surface area contributed by atoms with Gasteiger partial charge in [-0.3, -0.25) is 14.9 Å². The van der Waals surface area contributed by atoms with Crippen molar-refractivity contribution in [3.8, 4) is 5.75 Å². The number of nitrogens with one attached hydrogen (secondary N) is 1. The summed E-state index contributed by atoms with van der Waals surface area (Å²) in [5.41, 5.74) is 1.04. The minimum Gasteiger partial charge on any atom is -0.489 e. The predicted molar refractivity (Wildman–Crippen MR) is 123 cm³/mol. The highest BCUT2D eigenvalue weighted by Gasteiger charge is 2.36. The Morgan fingerprint density at radius 1 is 0.970 bits per heavy atom. The molecule has 1 saturated heterocycles. The first-order valence-electron chi connectivity index (χ1n) is 9.65. The van der Waals surface area contributed by atoms with Gasteiger partial charge in [-0.15, -0.1) is 0 Å². The molecule has 0 spiro atoms. The van der Waals surface area contributed by atoms with Crippen LogP contribution in [0.1, 0.15) is 11.1 Å². The number of urea groups is 1. The second-order valence-electron chi connectivity index (χ2n) is 7.03. The van der Waals surface area contributed by atoms with Gasteiger partial charge in [0.05, 0.1) is 5.69 Å². The van der Waals surface area contributed by atoms with E-state index in [0.717, 1.165) is 11.6 Å². The van der Waals surface area contributed by atoms with Gasteiger partial charge in [-0.1, -0.05) is 47.5 Å². The lowest BCUT2D eigenvalue weighted by atomic mass is 10.1. The summed E-state index contributed by atoms with van der Waals surface area (Å²) in [5.74, 6) is -1.77. The summed E-state index contributed by atoms with van der Waals surface area (Å²) < 4.78 is 19.3. The second kappa shape index (κ2) is 9.44. The molecule has 3 aromatic rings. The van der Waals surface area contributed by atoms with Crippen LogP contribution in [0, 0.1) is 5.82 Å². The number of hydrogen-bond acceptors (Lipinski definition) is 4. The van der Waals surface area contributed by atoms with Crippen molar-refractivity contribution in [3.63, 3.8) is 0 Å². The van der Waals surface area contributed by atoms with Gasteiger partial charge in [0.1, 0.15) is 23.7 Å². The summed E-state index contributed by atoms with van der Waals surface area (Å²) in [4.78, 5) is 38.0. The lowest BCUT2D eigenvalue weighted by molar-refractivity contribution is -0.122. The maximum absolute atomic E-state index is 13.6. The number of carbonyl (C=O) groups excluding carboxylic acids is 3. The van der Waals surface area contributed by atoms with Crippen LogP contribution in [-0.4, -0.2) is 17.8 Å². The van der Waals surface area contributed by atoms with E-state index < -0.39 is 23.7 Å². The molecule has 1 aliphatic rings. The van der Waals surface area contributed by atoms with Crippen molar-refractivity contribution in [1.29, 1.82) is 0 Å². The number of ether oxygens (including phenoxy) is 1. The standard InChI is InChI=1S/C24H15Cl2FN2O4/c25-16-7-6-15(21(26)11-16)13-33-19-8-4-14(5-9-19)10-20-22(30)28-24(32)29(23(20)31)18-3-1-2-17(27)12-18/h1-12H,13H2,(H,28,30,32)/b20-10+.